The zero-order valence-electron chi connectivity index (χ0n) is 13.7. The van der Waals surface area contributed by atoms with Gasteiger partial charge in [-0.1, -0.05) is 6.92 Å². The first-order valence-electron chi connectivity index (χ1n) is 7.52. The lowest BCUT2D eigenvalue weighted by atomic mass is 10.2. The maximum atomic E-state index is 5.67. The molecular weight excluding hydrogens is 264 g/mol. The van der Waals surface area contributed by atoms with Gasteiger partial charge in [0.1, 0.15) is 17.3 Å². The third-order valence-corrected chi connectivity index (χ3v) is 3.59. The molecule has 0 radical (unpaired) electrons. The van der Waals surface area contributed by atoms with E-state index in [0.29, 0.717) is 0 Å². The normalized spacial score (nSPS) is 11.1. The van der Waals surface area contributed by atoms with E-state index in [9.17, 15) is 0 Å². The Kier molecular flexibility index (Phi) is 5.07. The van der Waals surface area contributed by atoms with Crippen molar-refractivity contribution < 1.29 is 4.42 Å². The van der Waals surface area contributed by atoms with Crippen LogP contribution in [0.25, 0.3) is 0 Å². The Hall–Kier alpha value is -1.75. The molecule has 0 aromatic carbocycles. The molecule has 0 fully saturated rings. The molecule has 0 unspecified atom stereocenters. The van der Waals surface area contributed by atoms with Crippen molar-refractivity contribution in [3.8, 4) is 0 Å². The van der Waals surface area contributed by atoms with Crippen molar-refractivity contribution in [3.63, 3.8) is 0 Å². The summed E-state index contributed by atoms with van der Waals surface area (Å²) in [5.41, 5.74) is 2.34. The summed E-state index contributed by atoms with van der Waals surface area (Å²) in [6, 6.07) is 4.03. The second kappa shape index (κ2) is 6.80. The quantitative estimate of drug-likeness (QED) is 0.797. The topological polar surface area (TPSA) is 46.2 Å². The average Bonchev–Trinajstić information content (AvgIpc) is 2.94. The number of anilines is 1. The summed E-state index contributed by atoms with van der Waals surface area (Å²) in [5, 5.41) is 8.03. The van der Waals surface area contributed by atoms with Crippen molar-refractivity contribution in [2.24, 2.45) is 7.05 Å². The number of nitrogens with one attached hydrogen (secondary N) is 1. The highest BCUT2D eigenvalue weighted by Gasteiger charge is 2.17. The van der Waals surface area contributed by atoms with Crippen molar-refractivity contribution in [2.45, 2.75) is 40.3 Å². The average molecular weight is 290 g/mol. The minimum Gasteiger partial charge on any atom is -0.464 e. The van der Waals surface area contributed by atoms with E-state index in [-0.39, 0.29) is 0 Å². The van der Waals surface area contributed by atoms with E-state index in [1.165, 1.54) is 5.56 Å². The van der Waals surface area contributed by atoms with Gasteiger partial charge in [-0.15, -0.1) is 0 Å². The van der Waals surface area contributed by atoms with Gasteiger partial charge < -0.3 is 14.6 Å². The highest BCUT2D eigenvalue weighted by molar-refractivity contribution is 5.49. The smallest absolute Gasteiger partial charge is 0.131 e. The van der Waals surface area contributed by atoms with Crippen molar-refractivity contribution in [3.05, 3.63) is 34.9 Å². The molecule has 2 aromatic heterocycles. The van der Waals surface area contributed by atoms with E-state index in [1.807, 2.05) is 30.8 Å². The molecule has 2 rings (SSSR count). The number of rotatable bonds is 7. The van der Waals surface area contributed by atoms with Crippen LogP contribution in [0.3, 0.4) is 0 Å². The van der Waals surface area contributed by atoms with Crippen LogP contribution in [0.1, 0.15) is 36.1 Å². The zero-order valence-corrected chi connectivity index (χ0v) is 13.7. The Morgan fingerprint density at radius 3 is 2.71 bits per heavy atom. The van der Waals surface area contributed by atoms with Gasteiger partial charge in [-0.2, -0.15) is 5.10 Å². The van der Waals surface area contributed by atoms with Gasteiger partial charge >= 0.3 is 0 Å². The van der Waals surface area contributed by atoms with Crippen LogP contribution >= 0.6 is 0 Å². The molecule has 0 bridgehead atoms. The van der Waals surface area contributed by atoms with Crippen LogP contribution < -0.4 is 10.2 Å². The lowest BCUT2D eigenvalue weighted by molar-refractivity contribution is 0.480. The van der Waals surface area contributed by atoms with Crippen molar-refractivity contribution >= 4 is 5.82 Å². The second-order valence-corrected chi connectivity index (χ2v) is 5.56. The number of furan rings is 1. The fraction of sp³-hybridized carbons (Fsp3) is 0.562. The van der Waals surface area contributed by atoms with Crippen LogP contribution in [-0.4, -0.2) is 23.4 Å². The molecule has 0 aliphatic rings. The van der Waals surface area contributed by atoms with Gasteiger partial charge in [0.05, 0.1) is 12.2 Å². The van der Waals surface area contributed by atoms with Crippen LogP contribution in [0.4, 0.5) is 5.82 Å². The van der Waals surface area contributed by atoms with Gasteiger partial charge in [0.15, 0.2) is 0 Å². The molecule has 0 atom stereocenters. The molecule has 1 N–H and O–H groups in total. The van der Waals surface area contributed by atoms with E-state index in [2.05, 4.69) is 36.2 Å². The largest absolute Gasteiger partial charge is 0.464 e. The van der Waals surface area contributed by atoms with Gasteiger partial charge in [-0.25, -0.2) is 0 Å². The molecule has 2 heterocycles. The molecule has 0 amide bonds. The zero-order chi connectivity index (χ0) is 15.4. The van der Waals surface area contributed by atoms with E-state index in [4.69, 9.17) is 4.42 Å². The monoisotopic (exact) mass is 290 g/mol. The minimum absolute atomic E-state index is 0.744. The standard InChI is InChI=1S/C16H26N4O/c1-6-9-17-10-15-13(3)18-20(5)16(15)19(4)11-14-8-7-12(2)21-14/h7-8,17H,6,9-11H2,1-5H3. The molecular formula is C16H26N4O. The van der Waals surface area contributed by atoms with E-state index < -0.39 is 0 Å². The van der Waals surface area contributed by atoms with Crippen LogP contribution in [0.15, 0.2) is 16.5 Å². The molecule has 5 nitrogen and oxygen atoms in total. The number of aromatic nitrogens is 2. The van der Waals surface area contributed by atoms with E-state index in [0.717, 1.165) is 49.1 Å². The second-order valence-electron chi connectivity index (χ2n) is 5.56. The van der Waals surface area contributed by atoms with E-state index >= 15 is 0 Å². The number of hydrogen-bond acceptors (Lipinski definition) is 4. The fourth-order valence-corrected chi connectivity index (χ4v) is 2.64. The van der Waals surface area contributed by atoms with Crippen LogP contribution in [-0.2, 0) is 20.1 Å². The molecule has 2 aromatic rings. The Balaban J connectivity index is 2.16. The molecule has 0 aliphatic heterocycles. The predicted molar refractivity (Wildman–Crippen MR) is 85.5 cm³/mol. The third kappa shape index (κ3) is 3.67. The van der Waals surface area contributed by atoms with Gasteiger partial charge in [-0.3, -0.25) is 4.68 Å². The van der Waals surface area contributed by atoms with Gasteiger partial charge in [0, 0.05) is 26.2 Å². The van der Waals surface area contributed by atoms with Crippen molar-refractivity contribution in [1.82, 2.24) is 15.1 Å². The summed E-state index contributed by atoms with van der Waals surface area (Å²) in [7, 11) is 4.08. The summed E-state index contributed by atoms with van der Waals surface area (Å²) < 4.78 is 7.63. The first kappa shape index (κ1) is 15.6. The molecule has 0 spiro atoms. The molecule has 0 saturated carbocycles. The Morgan fingerprint density at radius 1 is 1.33 bits per heavy atom. The highest BCUT2D eigenvalue weighted by atomic mass is 16.3. The van der Waals surface area contributed by atoms with Crippen LogP contribution in [0.2, 0.25) is 0 Å². The minimum atomic E-state index is 0.744. The fourth-order valence-electron chi connectivity index (χ4n) is 2.64. The summed E-state index contributed by atoms with van der Waals surface area (Å²) in [6.45, 7) is 8.83. The summed E-state index contributed by atoms with van der Waals surface area (Å²) >= 11 is 0. The van der Waals surface area contributed by atoms with Crippen molar-refractivity contribution in [2.75, 3.05) is 18.5 Å². The van der Waals surface area contributed by atoms with Crippen LogP contribution in [0, 0.1) is 13.8 Å². The maximum Gasteiger partial charge on any atom is 0.131 e. The SMILES string of the molecule is CCCNCc1c(C)nn(C)c1N(C)Cc1ccc(C)o1. The Labute approximate surface area is 126 Å². The Bertz CT molecular complexity index is 585. The van der Waals surface area contributed by atoms with Gasteiger partial charge in [-0.05, 0) is 38.9 Å². The summed E-state index contributed by atoms with van der Waals surface area (Å²) in [4.78, 5) is 2.20. The summed E-state index contributed by atoms with van der Waals surface area (Å²) in [5.74, 6) is 3.07. The molecule has 0 aliphatic carbocycles. The first-order chi connectivity index (χ1) is 10.0. The Morgan fingerprint density at radius 2 is 2.10 bits per heavy atom. The van der Waals surface area contributed by atoms with Crippen LogP contribution in [0.5, 0.6) is 0 Å². The maximum absolute atomic E-state index is 5.67. The third-order valence-electron chi connectivity index (χ3n) is 3.59. The van der Waals surface area contributed by atoms with E-state index in [1.54, 1.807) is 0 Å². The lowest BCUT2D eigenvalue weighted by Gasteiger charge is -2.20. The molecule has 21 heavy (non-hydrogen) atoms. The lowest BCUT2D eigenvalue weighted by Crippen LogP contribution is -2.22. The van der Waals surface area contributed by atoms with Gasteiger partial charge in [0.25, 0.3) is 0 Å². The van der Waals surface area contributed by atoms with Crippen molar-refractivity contribution in [1.29, 1.82) is 0 Å². The first-order valence-corrected chi connectivity index (χ1v) is 7.52. The molecule has 116 valence electrons. The van der Waals surface area contributed by atoms with Gasteiger partial charge in [0.2, 0.25) is 0 Å². The summed E-state index contributed by atoms with van der Waals surface area (Å²) in [6.07, 6.45) is 1.14. The molecule has 5 heteroatoms. The molecule has 0 saturated heterocycles. The highest BCUT2D eigenvalue weighted by Crippen LogP contribution is 2.24. The number of aryl methyl sites for hydroxylation is 3. The predicted octanol–water partition coefficient (Wildman–Crippen LogP) is 2.77. The number of hydrogen-bond donors (Lipinski definition) is 1. The number of nitrogens with zero attached hydrogens (tertiary/aromatic N) is 3.